The molecule has 0 aromatic heterocycles. The molecular formula is C13H19ClN2O3. The highest BCUT2D eigenvalue weighted by atomic mass is 35.5. The SMILES string of the molecule is COc1ccc(CNC(C)(C)C(N)=O)c(Cl)c1OC. The lowest BCUT2D eigenvalue weighted by Crippen LogP contribution is -2.50. The van der Waals surface area contributed by atoms with Gasteiger partial charge in [-0.2, -0.15) is 0 Å². The van der Waals surface area contributed by atoms with Crippen LogP contribution in [0.1, 0.15) is 19.4 Å². The van der Waals surface area contributed by atoms with Crippen molar-refractivity contribution in [3.8, 4) is 11.5 Å². The van der Waals surface area contributed by atoms with E-state index in [2.05, 4.69) is 5.32 Å². The van der Waals surface area contributed by atoms with Crippen molar-refractivity contribution in [2.24, 2.45) is 5.73 Å². The predicted octanol–water partition coefficient (Wildman–Crippen LogP) is 1.71. The van der Waals surface area contributed by atoms with Gasteiger partial charge in [-0.25, -0.2) is 0 Å². The third-order valence-electron chi connectivity index (χ3n) is 2.90. The van der Waals surface area contributed by atoms with E-state index in [9.17, 15) is 4.79 Å². The molecule has 5 nitrogen and oxygen atoms in total. The largest absolute Gasteiger partial charge is 0.493 e. The highest BCUT2D eigenvalue weighted by molar-refractivity contribution is 6.33. The molecule has 106 valence electrons. The van der Waals surface area contributed by atoms with Crippen molar-refractivity contribution in [1.29, 1.82) is 0 Å². The molecule has 0 bridgehead atoms. The van der Waals surface area contributed by atoms with E-state index in [0.29, 0.717) is 23.1 Å². The molecule has 0 aliphatic rings. The Morgan fingerprint density at radius 1 is 1.37 bits per heavy atom. The van der Waals surface area contributed by atoms with E-state index in [4.69, 9.17) is 26.8 Å². The van der Waals surface area contributed by atoms with Gasteiger partial charge in [-0.05, 0) is 25.5 Å². The average molecular weight is 287 g/mol. The van der Waals surface area contributed by atoms with Gasteiger partial charge in [0.25, 0.3) is 0 Å². The van der Waals surface area contributed by atoms with Gasteiger partial charge in [0, 0.05) is 6.54 Å². The Hall–Kier alpha value is -1.46. The molecule has 0 aliphatic heterocycles. The molecule has 19 heavy (non-hydrogen) atoms. The zero-order chi connectivity index (χ0) is 14.6. The highest BCUT2D eigenvalue weighted by Gasteiger charge is 2.24. The summed E-state index contributed by atoms with van der Waals surface area (Å²) in [4.78, 5) is 11.2. The number of carbonyl (C=O) groups is 1. The Balaban J connectivity index is 2.95. The number of methoxy groups -OCH3 is 2. The molecular weight excluding hydrogens is 268 g/mol. The molecule has 0 atom stereocenters. The van der Waals surface area contributed by atoms with Crippen LogP contribution in [0.2, 0.25) is 5.02 Å². The third kappa shape index (κ3) is 3.52. The zero-order valence-corrected chi connectivity index (χ0v) is 12.3. The number of primary amides is 1. The topological polar surface area (TPSA) is 73.6 Å². The smallest absolute Gasteiger partial charge is 0.237 e. The van der Waals surface area contributed by atoms with Crippen LogP contribution in [0, 0.1) is 0 Å². The molecule has 1 amide bonds. The second-order valence-corrected chi connectivity index (χ2v) is 4.99. The normalized spacial score (nSPS) is 11.2. The molecule has 0 radical (unpaired) electrons. The molecule has 0 unspecified atom stereocenters. The van der Waals surface area contributed by atoms with Crippen LogP contribution >= 0.6 is 11.6 Å². The van der Waals surface area contributed by atoms with Gasteiger partial charge in [0.1, 0.15) is 0 Å². The van der Waals surface area contributed by atoms with Crippen molar-refractivity contribution >= 4 is 17.5 Å². The maximum Gasteiger partial charge on any atom is 0.237 e. The summed E-state index contributed by atoms with van der Waals surface area (Å²) < 4.78 is 10.4. The number of hydrogen-bond acceptors (Lipinski definition) is 4. The molecule has 3 N–H and O–H groups in total. The molecule has 0 fully saturated rings. The van der Waals surface area contributed by atoms with Gasteiger partial charge < -0.3 is 15.2 Å². The summed E-state index contributed by atoms with van der Waals surface area (Å²) in [5, 5.41) is 3.50. The van der Waals surface area contributed by atoms with E-state index in [0.717, 1.165) is 5.56 Å². The third-order valence-corrected chi connectivity index (χ3v) is 3.32. The van der Waals surface area contributed by atoms with Crippen molar-refractivity contribution in [3.63, 3.8) is 0 Å². The van der Waals surface area contributed by atoms with E-state index in [1.54, 1.807) is 27.0 Å². The van der Waals surface area contributed by atoms with Crippen LogP contribution in [-0.2, 0) is 11.3 Å². The Bertz CT molecular complexity index is 475. The number of ether oxygens (including phenoxy) is 2. The number of nitrogens with two attached hydrogens (primary N) is 1. The molecule has 0 heterocycles. The van der Waals surface area contributed by atoms with E-state index in [1.807, 2.05) is 6.07 Å². The van der Waals surface area contributed by atoms with E-state index in [1.165, 1.54) is 7.11 Å². The first-order chi connectivity index (χ1) is 8.83. The first kappa shape index (κ1) is 15.6. The standard InChI is InChI=1S/C13H19ClN2O3/c1-13(2,12(15)17)16-7-8-5-6-9(18-3)11(19-4)10(8)14/h5-6,16H,7H2,1-4H3,(H2,15,17). The van der Waals surface area contributed by atoms with Gasteiger partial charge in [0.15, 0.2) is 11.5 Å². The first-order valence-corrected chi connectivity index (χ1v) is 6.15. The van der Waals surface area contributed by atoms with Crippen molar-refractivity contribution in [1.82, 2.24) is 5.32 Å². The highest BCUT2D eigenvalue weighted by Crippen LogP contribution is 2.37. The Morgan fingerprint density at radius 3 is 2.47 bits per heavy atom. The van der Waals surface area contributed by atoms with Crippen LogP contribution in [0.5, 0.6) is 11.5 Å². The molecule has 0 aliphatic carbocycles. The van der Waals surface area contributed by atoms with Crippen molar-refractivity contribution < 1.29 is 14.3 Å². The second kappa shape index (κ2) is 6.12. The number of rotatable bonds is 6. The van der Waals surface area contributed by atoms with Crippen LogP contribution in [0.3, 0.4) is 0 Å². The van der Waals surface area contributed by atoms with Crippen molar-refractivity contribution in [3.05, 3.63) is 22.7 Å². The summed E-state index contributed by atoms with van der Waals surface area (Å²) in [6.45, 7) is 3.82. The first-order valence-electron chi connectivity index (χ1n) is 5.77. The summed E-state index contributed by atoms with van der Waals surface area (Å²) in [7, 11) is 3.07. The zero-order valence-electron chi connectivity index (χ0n) is 11.5. The summed E-state index contributed by atoms with van der Waals surface area (Å²) in [5.41, 5.74) is 5.29. The summed E-state index contributed by atoms with van der Waals surface area (Å²) in [5.74, 6) is 0.606. The number of nitrogens with one attached hydrogen (secondary N) is 1. The van der Waals surface area contributed by atoms with E-state index in [-0.39, 0.29) is 0 Å². The lowest BCUT2D eigenvalue weighted by atomic mass is 10.0. The van der Waals surface area contributed by atoms with Crippen molar-refractivity contribution in [2.75, 3.05) is 14.2 Å². The van der Waals surface area contributed by atoms with Crippen LogP contribution in [-0.4, -0.2) is 25.7 Å². The molecule has 0 spiro atoms. The minimum absolute atomic E-state index is 0.398. The molecule has 0 saturated heterocycles. The monoisotopic (exact) mass is 286 g/mol. The van der Waals surface area contributed by atoms with E-state index < -0.39 is 11.4 Å². The van der Waals surface area contributed by atoms with Crippen LogP contribution in [0.25, 0.3) is 0 Å². The number of amides is 1. The summed E-state index contributed by atoms with van der Waals surface area (Å²) >= 11 is 6.24. The lowest BCUT2D eigenvalue weighted by molar-refractivity contribution is -0.123. The number of carbonyl (C=O) groups excluding carboxylic acids is 1. The molecule has 1 aromatic rings. The second-order valence-electron chi connectivity index (χ2n) is 4.62. The fourth-order valence-electron chi connectivity index (χ4n) is 1.47. The lowest BCUT2D eigenvalue weighted by Gasteiger charge is -2.23. The van der Waals surface area contributed by atoms with Crippen LogP contribution in [0.4, 0.5) is 0 Å². The minimum atomic E-state index is -0.809. The van der Waals surface area contributed by atoms with Crippen LogP contribution < -0.4 is 20.5 Å². The van der Waals surface area contributed by atoms with E-state index >= 15 is 0 Å². The maximum atomic E-state index is 11.2. The van der Waals surface area contributed by atoms with Gasteiger partial charge in [-0.3, -0.25) is 10.1 Å². The number of benzene rings is 1. The number of halogens is 1. The van der Waals surface area contributed by atoms with Gasteiger partial charge in [-0.15, -0.1) is 0 Å². The van der Waals surface area contributed by atoms with Crippen LogP contribution in [0.15, 0.2) is 12.1 Å². The van der Waals surface area contributed by atoms with Crippen molar-refractivity contribution in [2.45, 2.75) is 25.9 Å². The minimum Gasteiger partial charge on any atom is -0.493 e. The summed E-state index contributed by atoms with van der Waals surface area (Å²) in [6.07, 6.45) is 0. The fourth-order valence-corrected chi connectivity index (χ4v) is 1.77. The Kier molecular flexibility index (Phi) is 5.03. The molecule has 1 aromatic carbocycles. The molecule has 1 rings (SSSR count). The number of hydrogen-bond donors (Lipinski definition) is 2. The Labute approximate surface area is 118 Å². The van der Waals surface area contributed by atoms with Gasteiger partial charge in [0.05, 0.1) is 24.8 Å². The van der Waals surface area contributed by atoms with Gasteiger partial charge in [0.2, 0.25) is 5.91 Å². The Morgan fingerprint density at radius 2 is 2.00 bits per heavy atom. The summed E-state index contributed by atoms with van der Waals surface area (Å²) in [6, 6.07) is 3.58. The predicted molar refractivity (Wildman–Crippen MR) is 74.7 cm³/mol. The fraction of sp³-hybridized carbons (Fsp3) is 0.462. The average Bonchev–Trinajstić information content (AvgIpc) is 2.36. The van der Waals surface area contributed by atoms with Gasteiger partial charge >= 0.3 is 0 Å². The molecule has 0 saturated carbocycles. The van der Waals surface area contributed by atoms with Gasteiger partial charge in [-0.1, -0.05) is 17.7 Å². The maximum absolute atomic E-state index is 11.2. The molecule has 6 heteroatoms. The quantitative estimate of drug-likeness (QED) is 0.835.